The van der Waals surface area contributed by atoms with Gasteiger partial charge in [0, 0.05) is 27.8 Å². The molecule has 2 heterocycles. The van der Waals surface area contributed by atoms with Gasteiger partial charge in [-0.25, -0.2) is 4.79 Å². The van der Waals surface area contributed by atoms with Crippen molar-refractivity contribution < 1.29 is 14.4 Å². The van der Waals surface area contributed by atoms with E-state index >= 15 is 0 Å². The highest BCUT2D eigenvalue weighted by Crippen LogP contribution is 2.28. The van der Waals surface area contributed by atoms with Gasteiger partial charge in [-0.1, -0.05) is 35.9 Å². The van der Waals surface area contributed by atoms with E-state index in [1.807, 2.05) is 62.4 Å². The molecular weight excluding hydrogens is 354 g/mol. The van der Waals surface area contributed by atoms with Gasteiger partial charge in [0.1, 0.15) is 6.04 Å². The van der Waals surface area contributed by atoms with Crippen molar-refractivity contribution in [3.8, 4) is 0 Å². The molecule has 0 spiro atoms. The number of hydrogen-bond donors (Lipinski definition) is 1. The molecule has 1 N–H and O–H groups in total. The Morgan fingerprint density at radius 2 is 1.71 bits per heavy atom. The molecule has 1 atom stereocenters. The number of carbonyl (C=O) groups excluding carboxylic acids is 3. The molecule has 3 amide bonds. The van der Waals surface area contributed by atoms with Crippen molar-refractivity contribution >= 4 is 34.3 Å². The predicted octanol–water partition coefficient (Wildman–Crippen LogP) is 3.82. The molecule has 1 unspecified atom stereocenters. The number of hydrogen-bond acceptors (Lipinski definition) is 3. The quantitative estimate of drug-likeness (QED) is 0.556. The standard InChI is InChI=1S/C22H21N3O3/c1-13-8-10-16(11-9-13)25-15(3)21(27)24(22(25)28)12-19(26)20-14(2)23-18-7-5-4-6-17(18)20/h4-11,15,23H,12H2,1-3H3. The Balaban J connectivity index is 1.63. The number of rotatable bonds is 4. The molecule has 28 heavy (non-hydrogen) atoms. The van der Waals surface area contributed by atoms with Crippen molar-refractivity contribution in [3.63, 3.8) is 0 Å². The summed E-state index contributed by atoms with van der Waals surface area (Å²) in [5.41, 5.74) is 3.83. The van der Waals surface area contributed by atoms with E-state index in [-0.39, 0.29) is 18.2 Å². The first kappa shape index (κ1) is 18.0. The molecule has 1 aliphatic rings. The molecule has 1 aliphatic heterocycles. The SMILES string of the molecule is Cc1ccc(N2C(=O)N(CC(=O)c3c(C)[nH]c4ccccc34)C(=O)C2C)cc1. The number of H-pyrrole nitrogens is 1. The summed E-state index contributed by atoms with van der Waals surface area (Å²) >= 11 is 0. The molecule has 6 nitrogen and oxygen atoms in total. The number of nitrogens with zero attached hydrogens (tertiary/aromatic N) is 2. The lowest BCUT2D eigenvalue weighted by atomic mass is 10.1. The van der Waals surface area contributed by atoms with Gasteiger partial charge in [-0.15, -0.1) is 0 Å². The Bertz CT molecular complexity index is 1100. The summed E-state index contributed by atoms with van der Waals surface area (Å²) in [4.78, 5) is 44.3. The van der Waals surface area contributed by atoms with Gasteiger partial charge in [0.15, 0.2) is 5.78 Å². The lowest BCUT2D eigenvalue weighted by molar-refractivity contribution is -0.126. The monoisotopic (exact) mass is 375 g/mol. The first-order chi connectivity index (χ1) is 13.4. The first-order valence-electron chi connectivity index (χ1n) is 9.20. The average molecular weight is 375 g/mol. The smallest absolute Gasteiger partial charge is 0.332 e. The van der Waals surface area contributed by atoms with Crippen LogP contribution in [0, 0.1) is 13.8 Å². The number of para-hydroxylation sites is 1. The molecular formula is C22H21N3O3. The number of nitrogens with one attached hydrogen (secondary N) is 1. The number of anilines is 1. The number of fused-ring (bicyclic) bond motifs is 1. The Morgan fingerprint density at radius 3 is 2.43 bits per heavy atom. The van der Waals surface area contributed by atoms with E-state index in [0.29, 0.717) is 11.3 Å². The Kier molecular flexibility index (Phi) is 4.26. The number of Topliss-reactive ketones (excluding diaryl/α,β-unsaturated/α-hetero) is 1. The molecule has 2 aromatic carbocycles. The molecule has 3 aromatic rings. The second-order valence-corrected chi connectivity index (χ2v) is 7.18. The lowest BCUT2D eigenvalue weighted by Crippen LogP contribution is -2.37. The summed E-state index contributed by atoms with van der Waals surface area (Å²) in [6.07, 6.45) is 0. The number of benzene rings is 2. The highest BCUT2D eigenvalue weighted by molar-refractivity contribution is 6.18. The van der Waals surface area contributed by atoms with Crippen LogP contribution in [-0.4, -0.2) is 40.2 Å². The molecule has 0 saturated carbocycles. The third kappa shape index (κ3) is 2.78. The van der Waals surface area contributed by atoms with E-state index in [1.54, 1.807) is 6.92 Å². The normalized spacial score (nSPS) is 17.0. The maximum Gasteiger partial charge on any atom is 0.332 e. The maximum atomic E-state index is 13.0. The molecule has 0 aliphatic carbocycles. The zero-order valence-electron chi connectivity index (χ0n) is 16.0. The van der Waals surface area contributed by atoms with E-state index in [2.05, 4.69) is 4.98 Å². The largest absolute Gasteiger partial charge is 0.358 e. The number of urea groups is 1. The maximum absolute atomic E-state index is 13.0. The van der Waals surface area contributed by atoms with Crippen LogP contribution in [0.2, 0.25) is 0 Å². The first-order valence-corrected chi connectivity index (χ1v) is 9.20. The Labute approximate surface area is 162 Å². The van der Waals surface area contributed by atoms with Gasteiger partial charge >= 0.3 is 6.03 Å². The third-order valence-electron chi connectivity index (χ3n) is 5.23. The van der Waals surface area contributed by atoms with E-state index in [4.69, 9.17) is 0 Å². The third-order valence-corrected chi connectivity index (χ3v) is 5.23. The van der Waals surface area contributed by atoms with Crippen LogP contribution in [0.4, 0.5) is 10.5 Å². The zero-order valence-corrected chi connectivity index (χ0v) is 16.0. The second kappa shape index (κ2) is 6.64. The van der Waals surface area contributed by atoms with Crippen LogP contribution in [0.1, 0.15) is 28.5 Å². The average Bonchev–Trinajstić information content (AvgIpc) is 3.11. The number of aromatic nitrogens is 1. The number of ketones is 1. The summed E-state index contributed by atoms with van der Waals surface area (Å²) in [5.74, 6) is -0.619. The molecule has 4 rings (SSSR count). The second-order valence-electron chi connectivity index (χ2n) is 7.18. The van der Waals surface area contributed by atoms with E-state index in [9.17, 15) is 14.4 Å². The van der Waals surface area contributed by atoms with Crippen molar-refractivity contribution in [2.45, 2.75) is 26.8 Å². The van der Waals surface area contributed by atoms with Gasteiger partial charge in [-0.2, -0.15) is 0 Å². The molecule has 6 heteroatoms. The number of imide groups is 1. The fraction of sp³-hybridized carbons (Fsp3) is 0.227. The number of aromatic amines is 1. The molecule has 1 aromatic heterocycles. The van der Waals surface area contributed by atoms with Gasteiger partial charge in [0.2, 0.25) is 0 Å². The van der Waals surface area contributed by atoms with E-state index in [1.165, 1.54) is 4.90 Å². The van der Waals surface area contributed by atoms with Gasteiger partial charge in [-0.05, 0) is 39.0 Å². The summed E-state index contributed by atoms with van der Waals surface area (Å²) in [7, 11) is 0. The van der Waals surface area contributed by atoms with Crippen LogP contribution < -0.4 is 4.90 Å². The van der Waals surface area contributed by atoms with Gasteiger partial charge < -0.3 is 4.98 Å². The number of carbonyl (C=O) groups is 3. The molecule has 142 valence electrons. The summed E-state index contributed by atoms with van der Waals surface area (Å²) < 4.78 is 0. The minimum Gasteiger partial charge on any atom is -0.358 e. The minimum atomic E-state index is -0.646. The van der Waals surface area contributed by atoms with Crippen molar-refractivity contribution in [1.82, 2.24) is 9.88 Å². The summed E-state index contributed by atoms with van der Waals surface area (Å²) in [6, 6.07) is 13.8. The van der Waals surface area contributed by atoms with Crippen molar-refractivity contribution in [2.75, 3.05) is 11.4 Å². The lowest BCUT2D eigenvalue weighted by Gasteiger charge is -2.19. The van der Waals surface area contributed by atoms with Crippen LogP contribution in [0.25, 0.3) is 10.9 Å². The fourth-order valence-corrected chi connectivity index (χ4v) is 3.77. The van der Waals surface area contributed by atoms with Gasteiger partial charge in [0.05, 0.1) is 6.54 Å². The Hall–Kier alpha value is -3.41. The highest BCUT2D eigenvalue weighted by Gasteiger charge is 2.44. The molecule has 1 saturated heterocycles. The van der Waals surface area contributed by atoms with Crippen LogP contribution >= 0.6 is 0 Å². The topological polar surface area (TPSA) is 73.5 Å². The molecule has 0 bridgehead atoms. The van der Waals surface area contributed by atoms with Crippen LogP contribution in [0.15, 0.2) is 48.5 Å². The van der Waals surface area contributed by atoms with Crippen molar-refractivity contribution in [3.05, 3.63) is 65.4 Å². The van der Waals surface area contributed by atoms with Crippen molar-refractivity contribution in [2.24, 2.45) is 0 Å². The summed E-state index contributed by atoms with van der Waals surface area (Å²) in [6.45, 7) is 5.19. The predicted molar refractivity (Wildman–Crippen MR) is 108 cm³/mol. The highest BCUT2D eigenvalue weighted by atomic mass is 16.2. The van der Waals surface area contributed by atoms with Gasteiger partial charge in [-0.3, -0.25) is 19.4 Å². The van der Waals surface area contributed by atoms with Crippen LogP contribution in [-0.2, 0) is 4.79 Å². The van der Waals surface area contributed by atoms with Crippen molar-refractivity contribution in [1.29, 1.82) is 0 Å². The fourth-order valence-electron chi connectivity index (χ4n) is 3.77. The number of amides is 3. The van der Waals surface area contributed by atoms with Crippen LogP contribution in [0.3, 0.4) is 0 Å². The summed E-state index contributed by atoms with van der Waals surface area (Å²) in [5, 5.41) is 0.799. The number of aryl methyl sites for hydroxylation is 2. The van der Waals surface area contributed by atoms with Crippen LogP contribution in [0.5, 0.6) is 0 Å². The molecule has 1 fully saturated rings. The minimum absolute atomic E-state index is 0.255. The van der Waals surface area contributed by atoms with E-state index < -0.39 is 12.1 Å². The Morgan fingerprint density at radius 1 is 1.04 bits per heavy atom. The molecule has 0 radical (unpaired) electrons. The van der Waals surface area contributed by atoms with Gasteiger partial charge in [0.25, 0.3) is 5.91 Å². The van der Waals surface area contributed by atoms with E-state index in [0.717, 1.165) is 27.1 Å². The zero-order chi connectivity index (χ0) is 20.0.